The first kappa shape index (κ1) is 11.5. The minimum Gasteiger partial charge on any atom is -0.391 e. The molecule has 0 amide bonds. The predicted octanol–water partition coefficient (Wildman–Crippen LogP) is 1.52. The Hall–Kier alpha value is -0.590. The number of aliphatic hydroxyl groups is 1. The van der Waals surface area contributed by atoms with Crippen molar-refractivity contribution < 1.29 is 5.11 Å². The molecule has 3 heteroatoms. The third-order valence-corrected chi connectivity index (χ3v) is 3.04. The van der Waals surface area contributed by atoms with Crippen molar-refractivity contribution in [3.05, 3.63) is 0 Å². The van der Waals surface area contributed by atoms with Crippen molar-refractivity contribution in [2.45, 2.75) is 57.7 Å². The third-order valence-electron chi connectivity index (χ3n) is 3.04. The maximum Gasteiger partial charge on any atom is 0.0871 e. The van der Waals surface area contributed by atoms with Gasteiger partial charge in [-0.2, -0.15) is 5.26 Å². The van der Waals surface area contributed by atoms with E-state index in [4.69, 9.17) is 5.26 Å². The van der Waals surface area contributed by atoms with E-state index < -0.39 is 0 Å². The summed E-state index contributed by atoms with van der Waals surface area (Å²) < 4.78 is 0. The summed E-state index contributed by atoms with van der Waals surface area (Å²) in [6, 6.07) is 2.72. The summed E-state index contributed by atoms with van der Waals surface area (Å²) in [5.41, 5.74) is 0. The van der Waals surface area contributed by atoms with E-state index >= 15 is 0 Å². The van der Waals surface area contributed by atoms with Gasteiger partial charge in [-0.1, -0.05) is 12.8 Å². The lowest BCUT2D eigenvalue weighted by Crippen LogP contribution is -2.48. The Bertz CT molecular complexity index is 210. The average Bonchev–Trinajstić information content (AvgIpc) is 2.15. The SMILES string of the molecule is CC(C)N(CC#N)C1CCCCC1O. The molecule has 0 heterocycles. The zero-order valence-electron chi connectivity index (χ0n) is 9.11. The highest BCUT2D eigenvalue weighted by Gasteiger charge is 2.29. The molecule has 0 aromatic heterocycles. The van der Waals surface area contributed by atoms with Gasteiger partial charge in [-0.25, -0.2) is 0 Å². The van der Waals surface area contributed by atoms with E-state index in [-0.39, 0.29) is 12.1 Å². The number of nitrogens with zero attached hydrogens (tertiary/aromatic N) is 2. The summed E-state index contributed by atoms with van der Waals surface area (Å²) >= 11 is 0. The molecule has 1 rings (SSSR count). The first-order valence-electron chi connectivity index (χ1n) is 5.47. The lowest BCUT2D eigenvalue weighted by atomic mass is 9.90. The standard InChI is InChI=1S/C11H20N2O/c1-9(2)13(8-7-12)10-5-3-4-6-11(10)14/h9-11,14H,3-6,8H2,1-2H3. The molecule has 1 aliphatic carbocycles. The highest BCUT2D eigenvalue weighted by atomic mass is 16.3. The van der Waals surface area contributed by atoms with E-state index in [1.807, 2.05) is 0 Å². The first-order valence-corrected chi connectivity index (χ1v) is 5.47. The highest BCUT2D eigenvalue weighted by molar-refractivity contribution is 4.89. The van der Waals surface area contributed by atoms with Gasteiger partial charge in [0.15, 0.2) is 0 Å². The second-order valence-corrected chi connectivity index (χ2v) is 4.34. The molecule has 0 bridgehead atoms. The Labute approximate surface area is 86.3 Å². The van der Waals surface area contributed by atoms with Gasteiger partial charge in [0, 0.05) is 12.1 Å². The van der Waals surface area contributed by atoms with E-state index in [9.17, 15) is 5.11 Å². The van der Waals surface area contributed by atoms with Crippen LogP contribution in [0.4, 0.5) is 0 Å². The normalized spacial score (nSPS) is 28.0. The van der Waals surface area contributed by atoms with E-state index in [0.29, 0.717) is 12.6 Å². The molecule has 0 saturated heterocycles. The van der Waals surface area contributed by atoms with Gasteiger partial charge in [0.1, 0.15) is 0 Å². The topological polar surface area (TPSA) is 47.3 Å². The van der Waals surface area contributed by atoms with E-state index in [0.717, 1.165) is 19.3 Å². The van der Waals surface area contributed by atoms with Crippen LogP contribution < -0.4 is 0 Å². The summed E-state index contributed by atoms with van der Waals surface area (Å²) in [4.78, 5) is 2.11. The monoisotopic (exact) mass is 196 g/mol. The largest absolute Gasteiger partial charge is 0.391 e. The van der Waals surface area contributed by atoms with Crippen molar-refractivity contribution in [3.8, 4) is 6.07 Å². The van der Waals surface area contributed by atoms with Crippen molar-refractivity contribution in [1.82, 2.24) is 4.90 Å². The lowest BCUT2D eigenvalue weighted by Gasteiger charge is -2.38. The fraction of sp³-hybridized carbons (Fsp3) is 0.909. The van der Waals surface area contributed by atoms with Crippen molar-refractivity contribution >= 4 is 0 Å². The number of hydrogen-bond acceptors (Lipinski definition) is 3. The number of nitriles is 1. The molecule has 3 nitrogen and oxygen atoms in total. The van der Waals surface area contributed by atoms with Crippen LogP contribution in [0.2, 0.25) is 0 Å². The summed E-state index contributed by atoms with van der Waals surface area (Å²) in [5.74, 6) is 0. The Morgan fingerprint density at radius 1 is 1.43 bits per heavy atom. The predicted molar refractivity (Wildman–Crippen MR) is 55.7 cm³/mol. The first-order chi connectivity index (χ1) is 6.66. The average molecular weight is 196 g/mol. The number of rotatable bonds is 3. The molecule has 0 aromatic rings. The highest BCUT2D eigenvalue weighted by Crippen LogP contribution is 2.24. The molecule has 0 spiro atoms. The second kappa shape index (κ2) is 5.33. The Morgan fingerprint density at radius 3 is 2.57 bits per heavy atom. The number of aliphatic hydroxyl groups excluding tert-OH is 1. The van der Waals surface area contributed by atoms with Crippen LogP contribution in [-0.4, -0.2) is 34.7 Å². The molecule has 1 aliphatic rings. The van der Waals surface area contributed by atoms with Crippen LogP contribution in [0.15, 0.2) is 0 Å². The Balaban J connectivity index is 2.61. The van der Waals surface area contributed by atoms with Crippen molar-refractivity contribution in [2.75, 3.05) is 6.54 Å². The molecule has 0 aliphatic heterocycles. The van der Waals surface area contributed by atoms with Gasteiger partial charge in [-0.3, -0.25) is 4.90 Å². The molecule has 80 valence electrons. The van der Waals surface area contributed by atoms with E-state index in [1.54, 1.807) is 0 Å². The molecular weight excluding hydrogens is 176 g/mol. The van der Waals surface area contributed by atoms with Crippen molar-refractivity contribution in [3.63, 3.8) is 0 Å². The molecule has 0 radical (unpaired) electrons. The minimum atomic E-state index is -0.237. The van der Waals surface area contributed by atoms with Gasteiger partial charge in [-0.05, 0) is 26.7 Å². The van der Waals surface area contributed by atoms with Crippen molar-refractivity contribution in [2.24, 2.45) is 0 Å². The Morgan fingerprint density at radius 2 is 2.07 bits per heavy atom. The van der Waals surface area contributed by atoms with Gasteiger partial charge in [0.25, 0.3) is 0 Å². The maximum atomic E-state index is 9.86. The fourth-order valence-electron chi connectivity index (χ4n) is 2.24. The molecular formula is C11H20N2O. The smallest absolute Gasteiger partial charge is 0.0871 e. The second-order valence-electron chi connectivity index (χ2n) is 4.34. The molecule has 1 fully saturated rings. The molecule has 0 aromatic carbocycles. The van der Waals surface area contributed by atoms with Crippen LogP contribution in [0, 0.1) is 11.3 Å². The van der Waals surface area contributed by atoms with E-state index in [2.05, 4.69) is 24.8 Å². The summed E-state index contributed by atoms with van der Waals surface area (Å²) in [5, 5.41) is 18.6. The summed E-state index contributed by atoms with van der Waals surface area (Å²) in [6.07, 6.45) is 3.98. The molecule has 2 unspecified atom stereocenters. The van der Waals surface area contributed by atoms with Crippen LogP contribution in [0.3, 0.4) is 0 Å². The fourth-order valence-corrected chi connectivity index (χ4v) is 2.24. The number of hydrogen-bond donors (Lipinski definition) is 1. The van der Waals surface area contributed by atoms with Gasteiger partial charge < -0.3 is 5.11 Å². The van der Waals surface area contributed by atoms with Gasteiger partial charge >= 0.3 is 0 Å². The van der Waals surface area contributed by atoms with Gasteiger partial charge in [0.05, 0.1) is 18.7 Å². The van der Waals surface area contributed by atoms with Crippen LogP contribution in [-0.2, 0) is 0 Å². The van der Waals surface area contributed by atoms with Crippen LogP contribution in [0.1, 0.15) is 39.5 Å². The van der Waals surface area contributed by atoms with Crippen LogP contribution in [0.25, 0.3) is 0 Å². The molecule has 2 atom stereocenters. The zero-order valence-corrected chi connectivity index (χ0v) is 9.11. The summed E-state index contributed by atoms with van der Waals surface area (Å²) in [7, 11) is 0. The van der Waals surface area contributed by atoms with Crippen LogP contribution in [0.5, 0.6) is 0 Å². The molecule has 1 saturated carbocycles. The third kappa shape index (κ3) is 2.70. The quantitative estimate of drug-likeness (QED) is 0.696. The van der Waals surface area contributed by atoms with Gasteiger partial charge in [0.2, 0.25) is 0 Å². The zero-order chi connectivity index (χ0) is 10.6. The lowest BCUT2D eigenvalue weighted by molar-refractivity contribution is 0.0120. The maximum absolute atomic E-state index is 9.86. The van der Waals surface area contributed by atoms with E-state index in [1.165, 1.54) is 6.42 Å². The molecule has 1 N–H and O–H groups in total. The molecule has 14 heavy (non-hydrogen) atoms. The minimum absolute atomic E-state index is 0.198. The summed E-state index contributed by atoms with van der Waals surface area (Å²) in [6.45, 7) is 4.59. The Kier molecular flexibility index (Phi) is 4.37. The van der Waals surface area contributed by atoms with Gasteiger partial charge in [-0.15, -0.1) is 0 Å². The van der Waals surface area contributed by atoms with Crippen LogP contribution >= 0.6 is 0 Å². The van der Waals surface area contributed by atoms with Crippen molar-refractivity contribution in [1.29, 1.82) is 5.26 Å².